The van der Waals surface area contributed by atoms with Crippen molar-refractivity contribution in [1.29, 1.82) is 0 Å². The largest absolute Gasteiger partial charge is 0.377 e. The zero-order valence-electron chi connectivity index (χ0n) is 6.72. The molecule has 2 nitrogen and oxygen atoms in total. The molecule has 1 unspecified atom stereocenters. The molecule has 1 atom stereocenters. The molecule has 1 aliphatic rings. The van der Waals surface area contributed by atoms with E-state index in [1.54, 1.807) is 0 Å². The molecule has 54 valence electrons. The van der Waals surface area contributed by atoms with Gasteiger partial charge in [-0.15, -0.1) is 0 Å². The van der Waals surface area contributed by atoms with Crippen molar-refractivity contribution in [2.24, 2.45) is 0 Å². The van der Waals surface area contributed by atoms with Crippen LogP contribution in [0.4, 0.5) is 0 Å². The van der Waals surface area contributed by atoms with Crippen molar-refractivity contribution >= 4 is 9.84 Å². The first-order valence-electron chi connectivity index (χ1n) is 3.68. The van der Waals surface area contributed by atoms with E-state index in [1.807, 2.05) is 0 Å². The van der Waals surface area contributed by atoms with Crippen molar-refractivity contribution < 1.29 is 4.15 Å². The van der Waals surface area contributed by atoms with E-state index in [2.05, 4.69) is 25.6 Å². The first-order chi connectivity index (χ1) is 4.16. The molecule has 1 saturated heterocycles. The number of quaternary nitrogens is 1. The third-order valence-electron chi connectivity index (χ3n) is 2.37. The summed E-state index contributed by atoms with van der Waals surface area (Å²) in [7, 11) is 4.70. The molecule has 1 heterocycles. The summed E-state index contributed by atoms with van der Waals surface area (Å²) in [6.07, 6.45) is 0. The van der Waals surface area contributed by atoms with Crippen molar-refractivity contribution in [3.63, 3.8) is 0 Å². The van der Waals surface area contributed by atoms with Crippen molar-refractivity contribution in [2.45, 2.75) is 6.92 Å². The van der Waals surface area contributed by atoms with Gasteiger partial charge in [0.15, 0.2) is 0 Å². The summed E-state index contributed by atoms with van der Waals surface area (Å²) in [5.41, 5.74) is 0. The number of rotatable bonds is 1. The lowest BCUT2D eigenvalue weighted by Crippen LogP contribution is -2.45. The lowest BCUT2D eigenvalue weighted by Gasteiger charge is -2.28. The molecular weight excluding hydrogens is 128 g/mol. The van der Waals surface area contributed by atoms with Gasteiger partial charge < -0.3 is 4.15 Å². The van der Waals surface area contributed by atoms with Gasteiger partial charge >= 0.3 is 9.84 Å². The molecule has 3 heteroatoms. The molecule has 1 aliphatic heterocycles. The molecule has 0 bridgehead atoms. The summed E-state index contributed by atoms with van der Waals surface area (Å²) in [5.74, 6) is 0. The van der Waals surface area contributed by atoms with Crippen LogP contribution in [0.1, 0.15) is 6.92 Å². The SMILES string of the molecule is CC[N+]1(C)CCN(C)[SiH2]1. The van der Waals surface area contributed by atoms with Gasteiger partial charge in [0.05, 0.1) is 20.1 Å². The first kappa shape index (κ1) is 7.25. The molecule has 0 amide bonds. The number of nitrogens with zero attached hydrogens (tertiary/aromatic N) is 2. The molecule has 9 heavy (non-hydrogen) atoms. The van der Waals surface area contributed by atoms with E-state index in [1.165, 1.54) is 23.8 Å². The smallest absolute Gasteiger partial charge is 0.337 e. The van der Waals surface area contributed by atoms with Gasteiger partial charge in [-0.1, -0.05) is 0 Å². The molecule has 0 N–H and O–H groups in total. The van der Waals surface area contributed by atoms with E-state index in [-0.39, 0.29) is 9.84 Å². The predicted molar refractivity (Wildman–Crippen MR) is 42.8 cm³/mol. The Hall–Kier alpha value is 0.137. The molecule has 0 aliphatic carbocycles. The Morgan fingerprint density at radius 1 is 1.67 bits per heavy atom. The maximum absolute atomic E-state index is 2.53. The van der Waals surface area contributed by atoms with Crippen LogP contribution >= 0.6 is 0 Å². The van der Waals surface area contributed by atoms with Crippen LogP contribution < -0.4 is 0 Å². The van der Waals surface area contributed by atoms with E-state index in [0.29, 0.717) is 0 Å². The van der Waals surface area contributed by atoms with Crippen LogP contribution in [0.15, 0.2) is 0 Å². The van der Waals surface area contributed by atoms with Gasteiger partial charge in [-0.05, 0) is 14.0 Å². The molecule has 1 fully saturated rings. The number of hydrogen-bond donors (Lipinski definition) is 0. The van der Waals surface area contributed by atoms with Gasteiger partial charge in [-0.25, -0.2) is 0 Å². The van der Waals surface area contributed by atoms with Gasteiger partial charge in [0.25, 0.3) is 0 Å². The highest BCUT2D eigenvalue weighted by atomic mass is 28.2. The van der Waals surface area contributed by atoms with Gasteiger partial charge in [0.2, 0.25) is 0 Å². The zero-order chi connectivity index (χ0) is 6.91. The minimum Gasteiger partial charge on any atom is -0.377 e. The fourth-order valence-corrected chi connectivity index (χ4v) is 3.33. The van der Waals surface area contributed by atoms with Crippen LogP contribution in [0.2, 0.25) is 0 Å². The van der Waals surface area contributed by atoms with Crippen LogP contribution in [0.3, 0.4) is 0 Å². The Bertz CT molecular complexity index is 107. The highest BCUT2D eigenvalue weighted by Gasteiger charge is 2.28. The lowest BCUT2D eigenvalue weighted by atomic mass is 10.5. The summed E-state index contributed by atoms with van der Waals surface area (Å²) >= 11 is 0. The maximum atomic E-state index is 2.53. The monoisotopic (exact) mass is 145 g/mol. The molecule has 0 spiro atoms. The van der Waals surface area contributed by atoms with Crippen LogP contribution in [0.25, 0.3) is 0 Å². The van der Waals surface area contributed by atoms with Crippen LogP contribution in [-0.4, -0.2) is 52.3 Å². The average Bonchev–Trinajstić information content (AvgIpc) is 2.13. The first-order valence-corrected chi connectivity index (χ1v) is 4.95. The number of hydrogen-bond acceptors (Lipinski definition) is 1. The van der Waals surface area contributed by atoms with Crippen molar-refractivity contribution in [1.82, 2.24) is 4.57 Å². The fourth-order valence-electron chi connectivity index (χ4n) is 1.39. The van der Waals surface area contributed by atoms with Crippen LogP contribution in [-0.2, 0) is 0 Å². The quantitative estimate of drug-likeness (QED) is 0.445. The van der Waals surface area contributed by atoms with Crippen molar-refractivity contribution in [2.75, 3.05) is 33.7 Å². The van der Waals surface area contributed by atoms with Crippen molar-refractivity contribution in [3.8, 4) is 0 Å². The highest BCUT2D eigenvalue weighted by molar-refractivity contribution is 6.23. The van der Waals surface area contributed by atoms with Crippen LogP contribution in [0, 0.1) is 0 Å². The van der Waals surface area contributed by atoms with Gasteiger partial charge in [-0.3, -0.25) is 4.57 Å². The Morgan fingerprint density at radius 2 is 2.33 bits per heavy atom. The normalized spacial score (nSPS) is 40.3. The lowest BCUT2D eigenvalue weighted by molar-refractivity contribution is -0.791. The van der Waals surface area contributed by atoms with E-state index < -0.39 is 0 Å². The summed E-state index contributed by atoms with van der Waals surface area (Å²) in [6.45, 7) is 6.35. The summed E-state index contributed by atoms with van der Waals surface area (Å²) in [4.78, 5) is 0. The molecule has 0 radical (unpaired) electrons. The molecule has 0 aromatic carbocycles. The second-order valence-electron chi connectivity index (χ2n) is 3.38. The topological polar surface area (TPSA) is 3.24 Å². The molecule has 1 rings (SSSR count). The second-order valence-corrected chi connectivity index (χ2v) is 6.27. The third-order valence-corrected chi connectivity index (χ3v) is 4.61. The third kappa shape index (κ3) is 1.53. The molecule has 0 aromatic heterocycles. The minimum absolute atomic E-state index is 0.0559. The summed E-state index contributed by atoms with van der Waals surface area (Å²) < 4.78 is 3.90. The summed E-state index contributed by atoms with van der Waals surface area (Å²) in [6, 6.07) is 0. The zero-order valence-corrected chi connectivity index (χ0v) is 8.14. The molecule has 0 saturated carbocycles. The fraction of sp³-hybridized carbons (Fsp3) is 1.00. The van der Waals surface area contributed by atoms with Gasteiger partial charge in [0.1, 0.15) is 0 Å². The Labute approximate surface area is 60.0 Å². The van der Waals surface area contributed by atoms with Gasteiger partial charge in [-0.2, -0.15) is 0 Å². The Kier molecular flexibility index (Phi) is 1.93. The van der Waals surface area contributed by atoms with E-state index in [0.717, 1.165) is 0 Å². The minimum atomic E-state index is 0.0559. The molecule has 0 aromatic rings. The van der Waals surface area contributed by atoms with E-state index in [4.69, 9.17) is 0 Å². The number of likely N-dealkylation sites (N-methyl/N-ethyl adjacent to an activating group) is 2. The van der Waals surface area contributed by atoms with E-state index in [9.17, 15) is 0 Å². The van der Waals surface area contributed by atoms with E-state index >= 15 is 0 Å². The molecular formula is C6H17N2Si+. The van der Waals surface area contributed by atoms with Crippen molar-refractivity contribution in [3.05, 3.63) is 0 Å². The Balaban J connectivity index is 2.45. The Morgan fingerprint density at radius 3 is 2.56 bits per heavy atom. The average molecular weight is 145 g/mol. The van der Waals surface area contributed by atoms with Gasteiger partial charge in [0, 0.05) is 6.54 Å². The predicted octanol–water partition coefficient (Wildman–Crippen LogP) is -0.603. The van der Waals surface area contributed by atoms with Crippen LogP contribution in [0.5, 0.6) is 0 Å². The highest BCUT2D eigenvalue weighted by Crippen LogP contribution is 2.07. The maximum Gasteiger partial charge on any atom is 0.337 e. The summed E-state index contributed by atoms with van der Waals surface area (Å²) in [5, 5.41) is 0. The second kappa shape index (κ2) is 2.40. The standard InChI is InChI=1S/C6H17N2Si/c1-4-8(3)6-5-7(2)9-8/h4-6,9H2,1-3H3/q+1.